The van der Waals surface area contributed by atoms with E-state index in [4.69, 9.17) is 10.2 Å². The standard InChI is InChI=1S/C14H13N3O2S/c1-8-16-12-9-4-2-3-5-10(9)19-13(12)14(17-8)20-7-6-11(15)18/h2-5H,6-7H2,1H3,(H2,15,18). The number of hydrogen-bond donors (Lipinski definition) is 1. The van der Waals surface area contributed by atoms with Gasteiger partial charge in [0.15, 0.2) is 5.58 Å². The van der Waals surface area contributed by atoms with E-state index in [1.165, 1.54) is 11.8 Å². The lowest BCUT2D eigenvalue weighted by Gasteiger charge is -2.01. The van der Waals surface area contributed by atoms with E-state index >= 15 is 0 Å². The van der Waals surface area contributed by atoms with Crippen molar-refractivity contribution in [3.05, 3.63) is 30.1 Å². The average Bonchev–Trinajstić information content (AvgIpc) is 2.77. The van der Waals surface area contributed by atoms with Crippen molar-refractivity contribution in [2.75, 3.05) is 5.75 Å². The van der Waals surface area contributed by atoms with Gasteiger partial charge in [0.2, 0.25) is 5.91 Å². The van der Waals surface area contributed by atoms with E-state index in [0.717, 1.165) is 21.5 Å². The van der Waals surface area contributed by atoms with Crippen molar-refractivity contribution in [1.29, 1.82) is 0 Å². The van der Waals surface area contributed by atoms with Gasteiger partial charge in [-0.1, -0.05) is 12.1 Å². The number of carbonyl (C=O) groups is 1. The van der Waals surface area contributed by atoms with E-state index in [1.54, 1.807) is 0 Å². The maximum Gasteiger partial charge on any atom is 0.218 e. The molecule has 0 spiro atoms. The van der Waals surface area contributed by atoms with Crippen molar-refractivity contribution in [2.24, 2.45) is 5.73 Å². The Morgan fingerprint density at radius 1 is 1.35 bits per heavy atom. The molecule has 3 rings (SSSR count). The molecule has 6 heteroatoms. The van der Waals surface area contributed by atoms with Gasteiger partial charge in [-0.15, -0.1) is 11.8 Å². The maximum atomic E-state index is 10.8. The number of amides is 1. The van der Waals surface area contributed by atoms with Crippen LogP contribution in [-0.4, -0.2) is 21.6 Å². The highest BCUT2D eigenvalue weighted by Gasteiger charge is 2.14. The number of nitrogens with zero attached hydrogens (tertiary/aromatic N) is 2. The Morgan fingerprint density at radius 2 is 2.15 bits per heavy atom. The maximum absolute atomic E-state index is 10.8. The normalized spacial score (nSPS) is 11.2. The zero-order chi connectivity index (χ0) is 14.1. The largest absolute Gasteiger partial charge is 0.451 e. The summed E-state index contributed by atoms with van der Waals surface area (Å²) in [4.78, 5) is 19.7. The molecule has 1 amide bonds. The highest BCUT2D eigenvalue weighted by Crippen LogP contribution is 2.33. The summed E-state index contributed by atoms with van der Waals surface area (Å²) in [5.41, 5.74) is 7.43. The number of carbonyl (C=O) groups excluding carboxylic acids is 1. The van der Waals surface area contributed by atoms with Gasteiger partial charge in [0.25, 0.3) is 0 Å². The minimum Gasteiger partial charge on any atom is -0.451 e. The molecule has 2 aromatic heterocycles. The van der Waals surface area contributed by atoms with E-state index < -0.39 is 0 Å². The van der Waals surface area contributed by atoms with Gasteiger partial charge >= 0.3 is 0 Å². The zero-order valence-electron chi connectivity index (χ0n) is 10.9. The number of para-hydroxylation sites is 1. The van der Waals surface area contributed by atoms with Crippen molar-refractivity contribution in [3.63, 3.8) is 0 Å². The number of aromatic nitrogens is 2. The van der Waals surface area contributed by atoms with Gasteiger partial charge in [-0.3, -0.25) is 4.79 Å². The Balaban J connectivity index is 2.09. The monoisotopic (exact) mass is 287 g/mol. The summed E-state index contributed by atoms with van der Waals surface area (Å²) in [5.74, 6) is 0.951. The predicted molar refractivity (Wildman–Crippen MR) is 78.6 cm³/mol. The first-order valence-corrected chi connectivity index (χ1v) is 7.20. The molecule has 0 aliphatic carbocycles. The molecule has 3 aromatic rings. The summed E-state index contributed by atoms with van der Waals surface area (Å²) in [7, 11) is 0. The number of rotatable bonds is 4. The first-order valence-electron chi connectivity index (χ1n) is 6.22. The molecule has 0 aliphatic rings. The summed E-state index contributed by atoms with van der Waals surface area (Å²) in [6.45, 7) is 1.85. The van der Waals surface area contributed by atoms with Gasteiger partial charge in [0.05, 0.1) is 0 Å². The molecular weight excluding hydrogens is 274 g/mol. The third-order valence-electron chi connectivity index (χ3n) is 2.89. The molecule has 1 aromatic carbocycles. The van der Waals surface area contributed by atoms with Crippen molar-refractivity contribution in [1.82, 2.24) is 9.97 Å². The van der Waals surface area contributed by atoms with Crippen molar-refractivity contribution in [3.8, 4) is 0 Å². The molecule has 0 atom stereocenters. The van der Waals surface area contributed by atoms with Crippen molar-refractivity contribution in [2.45, 2.75) is 18.4 Å². The smallest absolute Gasteiger partial charge is 0.218 e. The average molecular weight is 287 g/mol. The summed E-state index contributed by atoms with van der Waals surface area (Å²) < 4.78 is 5.83. The number of thioether (sulfide) groups is 1. The van der Waals surface area contributed by atoms with E-state index in [0.29, 0.717) is 23.6 Å². The van der Waals surface area contributed by atoms with Crippen LogP contribution in [0.5, 0.6) is 0 Å². The molecule has 0 saturated carbocycles. The molecule has 2 heterocycles. The second kappa shape index (κ2) is 5.13. The van der Waals surface area contributed by atoms with Crippen LogP contribution in [-0.2, 0) is 4.79 Å². The minimum atomic E-state index is -0.316. The molecule has 0 bridgehead atoms. The number of benzene rings is 1. The van der Waals surface area contributed by atoms with Crippen molar-refractivity contribution < 1.29 is 9.21 Å². The topological polar surface area (TPSA) is 82.0 Å². The minimum absolute atomic E-state index is 0.315. The lowest BCUT2D eigenvalue weighted by molar-refractivity contribution is -0.117. The van der Waals surface area contributed by atoms with E-state index in [1.807, 2.05) is 31.2 Å². The van der Waals surface area contributed by atoms with Crippen LogP contribution < -0.4 is 5.73 Å². The van der Waals surface area contributed by atoms with Crippen LogP contribution in [0.25, 0.3) is 22.1 Å². The van der Waals surface area contributed by atoms with Gasteiger partial charge in [-0.25, -0.2) is 9.97 Å². The van der Waals surface area contributed by atoms with Crippen LogP contribution in [0, 0.1) is 6.92 Å². The van der Waals surface area contributed by atoms with Crippen LogP contribution in [0.4, 0.5) is 0 Å². The fraction of sp³-hybridized carbons (Fsp3) is 0.214. The highest BCUT2D eigenvalue weighted by atomic mass is 32.2. The fourth-order valence-corrected chi connectivity index (χ4v) is 2.98. The Labute approximate surface area is 119 Å². The summed E-state index contributed by atoms with van der Waals surface area (Å²) >= 11 is 1.46. The second-order valence-corrected chi connectivity index (χ2v) is 5.50. The number of hydrogen-bond acceptors (Lipinski definition) is 5. The molecule has 5 nitrogen and oxygen atoms in total. The first-order chi connectivity index (χ1) is 9.65. The number of primary amides is 1. The van der Waals surface area contributed by atoms with Crippen LogP contribution in [0.1, 0.15) is 12.2 Å². The Morgan fingerprint density at radius 3 is 2.95 bits per heavy atom. The highest BCUT2D eigenvalue weighted by molar-refractivity contribution is 7.99. The lowest BCUT2D eigenvalue weighted by atomic mass is 10.2. The molecule has 0 saturated heterocycles. The van der Waals surface area contributed by atoms with Crippen molar-refractivity contribution >= 4 is 39.7 Å². The molecule has 0 radical (unpaired) electrons. The quantitative estimate of drug-likeness (QED) is 0.589. The molecule has 20 heavy (non-hydrogen) atoms. The Bertz CT molecular complexity index is 798. The van der Waals surface area contributed by atoms with Gasteiger partial charge in [-0.05, 0) is 19.1 Å². The van der Waals surface area contributed by atoms with Gasteiger partial charge in [0, 0.05) is 17.6 Å². The number of nitrogens with two attached hydrogens (primary N) is 1. The molecule has 102 valence electrons. The van der Waals surface area contributed by atoms with E-state index in [9.17, 15) is 4.79 Å². The fourth-order valence-electron chi connectivity index (χ4n) is 2.02. The molecular formula is C14H13N3O2S. The summed E-state index contributed by atoms with van der Waals surface area (Å²) in [6.07, 6.45) is 0.315. The van der Waals surface area contributed by atoms with Gasteiger partial charge in [0.1, 0.15) is 22.0 Å². The Hall–Kier alpha value is -2.08. The Kier molecular flexibility index (Phi) is 3.31. The molecule has 0 fully saturated rings. The predicted octanol–water partition coefficient (Wildman–Crippen LogP) is 2.65. The van der Waals surface area contributed by atoms with E-state index in [2.05, 4.69) is 9.97 Å². The van der Waals surface area contributed by atoms with E-state index in [-0.39, 0.29) is 5.91 Å². The van der Waals surface area contributed by atoms with Crippen LogP contribution in [0.15, 0.2) is 33.7 Å². The lowest BCUT2D eigenvalue weighted by Crippen LogP contribution is -2.10. The number of aryl methyl sites for hydroxylation is 1. The van der Waals surface area contributed by atoms with Gasteiger partial charge in [-0.2, -0.15) is 0 Å². The van der Waals surface area contributed by atoms with Crippen LogP contribution in [0.2, 0.25) is 0 Å². The SMILES string of the molecule is Cc1nc(SCCC(N)=O)c2oc3ccccc3c2n1. The molecule has 0 unspecified atom stereocenters. The molecule has 2 N–H and O–H groups in total. The zero-order valence-corrected chi connectivity index (χ0v) is 11.7. The third kappa shape index (κ3) is 2.34. The van der Waals surface area contributed by atoms with Crippen LogP contribution in [0.3, 0.4) is 0 Å². The third-order valence-corrected chi connectivity index (χ3v) is 3.85. The molecule has 0 aliphatic heterocycles. The van der Waals surface area contributed by atoms with Gasteiger partial charge < -0.3 is 10.2 Å². The summed E-state index contributed by atoms with van der Waals surface area (Å²) in [6, 6.07) is 7.76. The number of fused-ring (bicyclic) bond motifs is 3. The summed E-state index contributed by atoms with van der Waals surface area (Å²) in [5, 5.41) is 1.73. The number of furan rings is 1. The second-order valence-electron chi connectivity index (χ2n) is 4.42. The van der Waals surface area contributed by atoms with Crippen LogP contribution >= 0.6 is 11.8 Å². The first kappa shape index (κ1) is 12.9.